The van der Waals surface area contributed by atoms with E-state index in [9.17, 15) is 0 Å². The van der Waals surface area contributed by atoms with Gasteiger partial charge in [0.05, 0.1) is 18.9 Å². The molecule has 1 aromatic carbocycles. The quantitative estimate of drug-likeness (QED) is 0.885. The van der Waals surface area contributed by atoms with Gasteiger partial charge >= 0.3 is 0 Å². The van der Waals surface area contributed by atoms with Crippen molar-refractivity contribution in [2.75, 3.05) is 18.9 Å². The fourth-order valence-electron chi connectivity index (χ4n) is 1.75. The molecule has 0 amide bonds. The number of anilines is 1. The van der Waals surface area contributed by atoms with Crippen LogP contribution in [0.15, 0.2) is 22.7 Å². The molecule has 19 heavy (non-hydrogen) atoms. The molecule has 0 aliphatic heterocycles. The van der Waals surface area contributed by atoms with Crippen LogP contribution >= 0.6 is 15.9 Å². The van der Waals surface area contributed by atoms with E-state index in [-0.39, 0.29) is 0 Å². The Bertz CT molecular complexity index is 569. The highest BCUT2D eigenvalue weighted by Crippen LogP contribution is 2.38. The molecule has 1 aromatic heterocycles. The number of rotatable bonds is 5. The number of hydrogen-bond acceptors (Lipinski definition) is 4. The molecule has 0 atom stereocenters. The van der Waals surface area contributed by atoms with Crippen molar-refractivity contribution in [2.24, 2.45) is 0 Å². The van der Waals surface area contributed by atoms with Crippen molar-refractivity contribution in [3.8, 4) is 22.8 Å². The van der Waals surface area contributed by atoms with E-state index in [4.69, 9.17) is 15.2 Å². The summed E-state index contributed by atoms with van der Waals surface area (Å²) in [7, 11) is 0. The lowest BCUT2D eigenvalue weighted by Crippen LogP contribution is -1.99. The number of aromatic amines is 1. The third-order valence-electron chi connectivity index (χ3n) is 2.52. The second-order valence-electron chi connectivity index (χ2n) is 3.85. The Morgan fingerprint density at radius 3 is 2.32 bits per heavy atom. The normalized spacial score (nSPS) is 10.5. The molecule has 1 heterocycles. The number of nitrogens with one attached hydrogen (secondary N) is 1. The molecular formula is C13H16BrN3O2. The highest BCUT2D eigenvalue weighted by molar-refractivity contribution is 9.10. The van der Waals surface area contributed by atoms with Crippen molar-refractivity contribution in [1.29, 1.82) is 0 Å². The van der Waals surface area contributed by atoms with Crippen molar-refractivity contribution in [3.05, 3.63) is 22.7 Å². The first-order valence-electron chi connectivity index (χ1n) is 6.06. The highest BCUT2D eigenvalue weighted by Gasteiger charge is 2.13. The maximum Gasteiger partial charge on any atom is 0.162 e. The van der Waals surface area contributed by atoms with E-state index in [1.54, 1.807) is 6.07 Å². The number of aromatic nitrogens is 2. The Kier molecular flexibility index (Phi) is 4.31. The molecule has 0 bridgehead atoms. The van der Waals surface area contributed by atoms with Gasteiger partial charge in [-0.3, -0.25) is 5.10 Å². The van der Waals surface area contributed by atoms with E-state index in [2.05, 4.69) is 26.1 Å². The second kappa shape index (κ2) is 5.97. The van der Waals surface area contributed by atoms with Crippen molar-refractivity contribution in [1.82, 2.24) is 10.2 Å². The van der Waals surface area contributed by atoms with E-state index in [0.717, 1.165) is 15.7 Å². The fraction of sp³-hybridized carbons (Fsp3) is 0.308. The summed E-state index contributed by atoms with van der Waals surface area (Å²) < 4.78 is 12.1. The van der Waals surface area contributed by atoms with Gasteiger partial charge in [0.25, 0.3) is 0 Å². The molecule has 5 nitrogen and oxygen atoms in total. The smallest absolute Gasteiger partial charge is 0.162 e. The maximum atomic E-state index is 5.63. The Hall–Kier alpha value is -1.69. The zero-order chi connectivity index (χ0) is 13.8. The van der Waals surface area contributed by atoms with Crippen LogP contribution in [-0.2, 0) is 0 Å². The lowest BCUT2D eigenvalue weighted by atomic mass is 10.1. The largest absolute Gasteiger partial charge is 0.490 e. The van der Waals surface area contributed by atoms with Gasteiger partial charge < -0.3 is 15.2 Å². The maximum absolute atomic E-state index is 5.63. The topological polar surface area (TPSA) is 73.2 Å². The van der Waals surface area contributed by atoms with E-state index in [1.165, 1.54) is 0 Å². The molecule has 0 saturated heterocycles. The SMILES string of the molecule is CCOc1cc(Br)c(-c2cc(N)n[nH]2)cc1OCC. The van der Waals surface area contributed by atoms with Crippen LogP contribution in [0.5, 0.6) is 11.5 Å². The first-order chi connectivity index (χ1) is 9.15. The molecule has 0 saturated carbocycles. The van der Waals surface area contributed by atoms with Crippen LogP contribution in [0.4, 0.5) is 5.82 Å². The van der Waals surface area contributed by atoms with E-state index in [0.29, 0.717) is 30.5 Å². The molecule has 0 unspecified atom stereocenters. The molecule has 102 valence electrons. The zero-order valence-corrected chi connectivity index (χ0v) is 12.5. The van der Waals surface area contributed by atoms with E-state index in [1.807, 2.05) is 26.0 Å². The van der Waals surface area contributed by atoms with Gasteiger partial charge in [-0.15, -0.1) is 0 Å². The lowest BCUT2D eigenvalue weighted by Gasteiger charge is -2.13. The Morgan fingerprint density at radius 1 is 1.16 bits per heavy atom. The number of benzene rings is 1. The summed E-state index contributed by atoms with van der Waals surface area (Å²) in [4.78, 5) is 0. The van der Waals surface area contributed by atoms with E-state index >= 15 is 0 Å². The van der Waals surface area contributed by atoms with Crippen molar-refractivity contribution in [2.45, 2.75) is 13.8 Å². The summed E-state index contributed by atoms with van der Waals surface area (Å²) >= 11 is 3.52. The minimum absolute atomic E-state index is 0.453. The number of H-pyrrole nitrogens is 1. The zero-order valence-electron chi connectivity index (χ0n) is 10.9. The van der Waals surface area contributed by atoms with Crippen LogP contribution in [0.25, 0.3) is 11.3 Å². The molecular weight excluding hydrogens is 310 g/mol. The molecule has 0 fully saturated rings. The summed E-state index contributed by atoms with van der Waals surface area (Å²) in [6.07, 6.45) is 0. The van der Waals surface area contributed by atoms with Gasteiger partial charge in [0.2, 0.25) is 0 Å². The van der Waals surface area contributed by atoms with Gasteiger partial charge in [0.1, 0.15) is 5.82 Å². The summed E-state index contributed by atoms with van der Waals surface area (Å²) in [6.45, 7) is 5.04. The average molecular weight is 326 g/mol. The van der Waals surface area contributed by atoms with Crippen LogP contribution in [-0.4, -0.2) is 23.4 Å². The lowest BCUT2D eigenvalue weighted by molar-refractivity contribution is 0.287. The van der Waals surface area contributed by atoms with Gasteiger partial charge in [-0.2, -0.15) is 5.10 Å². The van der Waals surface area contributed by atoms with Gasteiger partial charge in [0, 0.05) is 16.1 Å². The van der Waals surface area contributed by atoms with Crippen LogP contribution in [0.1, 0.15) is 13.8 Å². The predicted octanol–water partition coefficient (Wildman–Crippen LogP) is 3.22. The minimum Gasteiger partial charge on any atom is -0.490 e. The Morgan fingerprint density at radius 2 is 1.79 bits per heavy atom. The number of nitrogen functional groups attached to an aromatic ring is 1. The molecule has 2 rings (SSSR count). The Balaban J connectivity index is 2.47. The minimum atomic E-state index is 0.453. The van der Waals surface area contributed by atoms with Gasteiger partial charge in [-0.25, -0.2) is 0 Å². The third-order valence-corrected chi connectivity index (χ3v) is 3.18. The average Bonchev–Trinajstić information content (AvgIpc) is 2.79. The number of nitrogens with two attached hydrogens (primary N) is 1. The summed E-state index contributed by atoms with van der Waals surface area (Å²) in [5.74, 6) is 1.87. The molecule has 3 N–H and O–H groups in total. The molecule has 6 heteroatoms. The molecule has 0 radical (unpaired) electrons. The molecule has 0 aliphatic carbocycles. The molecule has 0 spiro atoms. The van der Waals surface area contributed by atoms with Crippen LogP contribution in [0.3, 0.4) is 0 Å². The van der Waals surface area contributed by atoms with Crippen molar-refractivity contribution < 1.29 is 9.47 Å². The number of hydrogen-bond donors (Lipinski definition) is 2. The fourth-order valence-corrected chi connectivity index (χ4v) is 2.29. The third kappa shape index (κ3) is 3.01. The van der Waals surface area contributed by atoms with Gasteiger partial charge in [-0.1, -0.05) is 0 Å². The predicted molar refractivity (Wildman–Crippen MR) is 78.5 cm³/mol. The van der Waals surface area contributed by atoms with Crippen molar-refractivity contribution >= 4 is 21.7 Å². The standard InChI is InChI=1S/C13H16BrN3O2/c1-3-18-11-5-8(10-7-13(15)17-16-10)9(14)6-12(11)19-4-2/h5-7H,3-4H2,1-2H3,(H3,15,16,17). The summed E-state index contributed by atoms with van der Waals surface area (Å²) in [5, 5.41) is 6.81. The van der Waals surface area contributed by atoms with Gasteiger partial charge in [0.15, 0.2) is 11.5 Å². The summed E-state index contributed by atoms with van der Waals surface area (Å²) in [5.41, 5.74) is 7.38. The molecule has 0 aliphatic rings. The second-order valence-corrected chi connectivity index (χ2v) is 4.71. The number of halogens is 1. The summed E-state index contributed by atoms with van der Waals surface area (Å²) in [6, 6.07) is 5.57. The van der Waals surface area contributed by atoms with Gasteiger partial charge in [-0.05, 0) is 41.9 Å². The monoisotopic (exact) mass is 325 g/mol. The highest BCUT2D eigenvalue weighted by atomic mass is 79.9. The van der Waals surface area contributed by atoms with Crippen LogP contribution < -0.4 is 15.2 Å². The van der Waals surface area contributed by atoms with Crippen LogP contribution in [0, 0.1) is 0 Å². The Labute approximate surface area is 120 Å². The number of nitrogens with zero attached hydrogens (tertiary/aromatic N) is 1. The van der Waals surface area contributed by atoms with Crippen molar-refractivity contribution in [3.63, 3.8) is 0 Å². The van der Waals surface area contributed by atoms with Crippen LogP contribution in [0.2, 0.25) is 0 Å². The van der Waals surface area contributed by atoms with E-state index < -0.39 is 0 Å². The molecule has 2 aromatic rings. The number of ether oxygens (including phenoxy) is 2. The first-order valence-corrected chi connectivity index (χ1v) is 6.85. The first kappa shape index (κ1) is 13.7.